The van der Waals surface area contributed by atoms with Gasteiger partial charge in [0.1, 0.15) is 0 Å². The van der Waals surface area contributed by atoms with Crippen LogP contribution >= 0.6 is 0 Å². The minimum absolute atomic E-state index is 0.209. The number of amides is 1. The van der Waals surface area contributed by atoms with E-state index < -0.39 is 0 Å². The molecular formula is C15H23N3O. The van der Waals surface area contributed by atoms with Crippen LogP contribution in [0.15, 0.2) is 24.3 Å². The molecule has 104 valence electrons. The largest absolute Gasteiger partial charge is 0.340 e. The van der Waals surface area contributed by atoms with Gasteiger partial charge in [-0.25, -0.2) is 0 Å². The van der Waals surface area contributed by atoms with Crippen LogP contribution < -0.4 is 5.73 Å². The molecule has 1 amide bonds. The summed E-state index contributed by atoms with van der Waals surface area (Å²) in [6.45, 7) is 5.11. The smallest absolute Gasteiger partial charge is 0.227 e. The Labute approximate surface area is 115 Å². The van der Waals surface area contributed by atoms with Gasteiger partial charge in [-0.2, -0.15) is 0 Å². The average Bonchev–Trinajstić information content (AvgIpc) is 2.42. The first kappa shape index (κ1) is 14.0. The van der Waals surface area contributed by atoms with Crippen molar-refractivity contribution in [1.29, 1.82) is 0 Å². The molecule has 0 saturated carbocycles. The Bertz CT molecular complexity index is 447. The van der Waals surface area contributed by atoms with Gasteiger partial charge >= 0.3 is 0 Å². The number of likely N-dealkylation sites (N-methyl/N-ethyl adjacent to an activating group) is 1. The number of carbonyl (C=O) groups is 1. The molecule has 4 heteroatoms. The fourth-order valence-corrected chi connectivity index (χ4v) is 2.51. The van der Waals surface area contributed by atoms with Gasteiger partial charge in [-0.15, -0.1) is 0 Å². The molecule has 4 nitrogen and oxygen atoms in total. The Hall–Kier alpha value is -1.39. The average molecular weight is 261 g/mol. The highest BCUT2D eigenvalue weighted by atomic mass is 16.2. The molecule has 1 saturated heterocycles. The van der Waals surface area contributed by atoms with Crippen molar-refractivity contribution in [2.45, 2.75) is 19.4 Å². The Balaban J connectivity index is 1.99. The zero-order chi connectivity index (χ0) is 13.8. The second-order valence-electron chi connectivity index (χ2n) is 5.31. The lowest BCUT2D eigenvalue weighted by Gasteiger charge is -2.39. The molecule has 1 aliphatic rings. The molecule has 1 unspecified atom stereocenters. The number of hydrogen-bond acceptors (Lipinski definition) is 3. The summed E-state index contributed by atoms with van der Waals surface area (Å²) in [6.07, 6.45) is 0.494. The van der Waals surface area contributed by atoms with Gasteiger partial charge in [0.2, 0.25) is 5.91 Å². The van der Waals surface area contributed by atoms with Crippen molar-refractivity contribution in [2.24, 2.45) is 5.73 Å². The number of benzene rings is 1. The molecule has 1 atom stereocenters. The molecular weight excluding hydrogens is 238 g/mol. The molecule has 0 aliphatic carbocycles. The molecule has 1 aromatic rings. The van der Waals surface area contributed by atoms with Crippen molar-refractivity contribution in [3.8, 4) is 0 Å². The minimum Gasteiger partial charge on any atom is -0.340 e. The van der Waals surface area contributed by atoms with Gasteiger partial charge in [-0.3, -0.25) is 9.69 Å². The lowest BCUT2D eigenvalue weighted by Crippen LogP contribution is -2.56. The molecule has 1 heterocycles. The number of rotatable bonds is 3. The van der Waals surface area contributed by atoms with E-state index in [-0.39, 0.29) is 11.9 Å². The summed E-state index contributed by atoms with van der Waals surface area (Å²) < 4.78 is 0. The standard InChI is InChI=1S/C15H23N3O/c1-12-5-3-4-6-13(12)9-15(19)18-8-7-17(2)14(10-16)11-18/h3-6,14H,7-11,16H2,1-2H3. The topological polar surface area (TPSA) is 49.6 Å². The molecule has 1 aliphatic heterocycles. The SMILES string of the molecule is Cc1ccccc1CC(=O)N1CCN(C)C(CN)C1. The van der Waals surface area contributed by atoms with E-state index in [0.717, 1.165) is 25.2 Å². The first-order valence-corrected chi connectivity index (χ1v) is 6.84. The molecule has 0 radical (unpaired) electrons. The van der Waals surface area contributed by atoms with Crippen molar-refractivity contribution in [3.05, 3.63) is 35.4 Å². The molecule has 1 fully saturated rings. The molecule has 0 spiro atoms. The van der Waals surface area contributed by atoms with Crippen molar-refractivity contribution >= 4 is 5.91 Å². The first-order valence-electron chi connectivity index (χ1n) is 6.84. The number of piperazine rings is 1. The maximum absolute atomic E-state index is 12.4. The second kappa shape index (κ2) is 6.17. The van der Waals surface area contributed by atoms with Crippen LogP contribution in [0.4, 0.5) is 0 Å². The van der Waals surface area contributed by atoms with E-state index in [1.807, 2.05) is 23.1 Å². The predicted molar refractivity (Wildman–Crippen MR) is 76.9 cm³/mol. The van der Waals surface area contributed by atoms with Crippen LogP contribution in [0.3, 0.4) is 0 Å². The third kappa shape index (κ3) is 3.33. The van der Waals surface area contributed by atoms with Gasteiger partial charge < -0.3 is 10.6 Å². The lowest BCUT2D eigenvalue weighted by atomic mass is 10.0. The summed E-state index contributed by atoms with van der Waals surface area (Å²) >= 11 is 0. The second-order valence-corrected chi connectivity index (χ2v) is 5.31. The van der Waals surface area contributed by atoms with Gasteiger partial charge in [0, 0.05) is 32.2 Å². The van der Waals surface area contributed by atoms with E-state index in [0.29, 0.717) is 13.0 Å². The quantitative estimate of drug-likeness (QED) is 0.868. The molecule has 2 N–H and O–H groups in total. The van der Waals surface area contributed by atoms with Gasteiger partial charge in [-0.05, 0) is 25.1 Å². The van der Waals surface area contributed by atoms with Crippen LogP contribution in [-0.4, -0.2) is 55.0 Å². The number of nitrogens with zero attached hydrogens (tertiary/aromatic N) is 2. The van der Waals surface area contributed by atoms with Gasteiger partial charge in [0.25, 0.3) is 0 Å². The van der Waals surface area contributed by atoms with Crippen LogP contribution in [0.2, 0.25) is 0 Å². The predicted octanol–water partition coefficient (Wildman–Crippen LogP) is 0.639. The van der Waals surface area contributed by atoms with Gasteiger partial charge in [0.15, 0.2) is 0 Å². The molecule has 2 rings (SSSR count). The number of nitrogens with two attached hydrogens (primary N) is 1. The van der Waals surface area contributed by atoms with Crippen molar-refractivity contribution in [2.75, 3.05) is 33.2 Å². The van der Waals surface area contributed by atoms with Crippen LogP contribution in [0, 0.1) is 6.92 Å². The van der Waals surface area contributed by atoms with E-state index in [1.165, 1.54) is 5.56 Å². The maximum Gasteiger partial charge on any atom is 0.227 e. The van der Waals surface area contributed by atoms with E-state index in [9.17, 15) is 4.79 Å². The van der Waals surface area contributed by atoms with Gasteiger partial charge in [0.05, 0.1) is 6.42 Å². The molecule has 1 aromatic carbocycles. The summed E-state index contributed by atoms with van der Waals surface area (Å²) in [5.41, 5.74) is 8.06. The molecule has 0 aromatic heterocycles. The summed E-state index contributed by atoms with van der Waals surface area (Å²) in [6, 6.07) is 8.36. The fourth-order valence-electron chi connectivity index (χ4n) is 2.51. The van der Waals surface area contributed by atoms with Crippen LogP contribution in [0.1, 0.15) is 11.1 Å². The highest BCUT2D eigenvalue weighted by Crippen LogP contribution is 2.12. The van der Waals surface area contributed by atoms with Gasteiger partial charge in [-0.1, -0.05) is 24.3 Å². The summed E-state index contributed by atoms with van der Waals surface area (Å²) in [7, 11) is 2.07. The maximum atomic E-state index is 12.4. The van der Waals surface area contributed by atoms with Crippen LogP contribution in [-0.2, 0) is 11.2 Å². The zero-order valence-electron chi connectivity index (χ0n) is 11.8. The Kier molecular flexibility index (Phi) is 4.56. The summed E-state index contributed by atoms with van der Waals surface area (Å²) in [5, 5.41) is 0. The Morgan fingerprint density at radius 3 is 2.79 bits per heavy atom. The zero-order valence-corrected chi connectivity index (χ0v) is 11.8. The van der Waals surface area contributed by atoms with E-state index in [2.05, 4.69) is 24.9 Å². The highest BCUT2D eigenvalue weighted by Gasteiger charge is 2.26. The lowest BCUT2D eigenvalue weighted by molar-refractivity contribution is -0.133. The fraction of sp³-hybridized carbons (Fsp3) is 0.533. The van der Waals surface area contributed by atoms with Crippen LogP contribution in [0.25, 0.3) is 0 Å². The summed E-state index contributed by atoms with van der Waals surface area (Å²) in [4.78, 5) is 16.5. The third-order valence-electron chi connectivity index (χ3n) is 4.00. The highest BCUT2D eigenvalue weighted by molar-refractivity contribution is 5.79. The number of hydrogen-bond donors (Lipinski definition) is 1. The first-order chi connectivity index (χ1) is 9.11. The Morgan fingerprint density at radius 1 is 1.37 bits per heavy atom. The van der Waals surface area contributed by atoms with E-state index >= 15 is 0 Å². The van der Waals surface area contributed by atoms with Crippen molar-refractivity contribution < 1.29 is 4.79 Å². The Morgan fingerprint density at radius 2 is 2.11 bits per heavy atom. The summed E-state index contributed by atoms with van der Waals surface area (Å²) in [5.74, 6) is 0.209. The van der Waals surface area contributed by atoms with Crippen LogP contribution in [0.5, 0.6) is 0 Å². The van der Waals surface area contributed by atoms with E-state index in [1.54, 1.807) is 0 Å². The van der Waals surface area contributed by atoms with Crippen molar-refractivity contribution in [1.82, 2.24) is 9.80 Å². The molecule has 19 heavy (non-hydrogen) atoms. The third-order valence-corrected chi connectivity index (χ3v) is 4.00. The minimum atomic E-state index is 0.209. The molecule has 0 bridgehead atoms. The normalized spacial score (nSPS) is 20.6. The number of carbonyl (C=O) groups excluding carboxylic acids is 1. The monoisotopic (exact) mass is 261 g/mol. The van der Waals surface area contributed by atoms with Crippen molar-refractivity contribution in [3.63, 3.8) is 0 Å². The van der Waals surface area contributed by atoms with E-state index in [4.69, 9.17) is 5.73 Å². The number of aryl methyl sites for hydroxylation is 1.